The molecule has 3 N–H and O–H groups in total. The van der Waals surface area contributed by atoms with Crippen LogP contribution >= 0.6 is 11.6 Å². The zero-order chi connectivity index (χ0) is 27.8. The van der Waals surface area contributed by atoms with E-state index in [2.05, 4.69) is 20.6 Å². The molecule has 4 rings (SSSR count). The molecule has 0 aliphatic heterocycles. The van der Waals surface area contributed by atoms with Crippen molar-refractivity contribution in [3.05, 3.63) is 101 Å². The number of hydrogen-bond donors (Lipinski definition) is 3. The zero-order valence-corrected chi connectivity index (χ0v) is 21.1. The number of halogens is 4. The normalized spacial score (nSPS) is 11.6. The van der Waals surface area contributed by atoms with Crippen LogP contribution < -0.4 is 20.2 Å². The van der Waals surface area contributed by atoms with Crippen LogP contribution in [0.1, 0.15) is 21.5 Å². The summed E-state index contributed by atoms with van der Waals surface area (Å²) in [7, 11) is 0. The summed E-state index contributed by atoms with van der Waals surface area (Å²) in [5.74, 6) is -0.189. The van der Waals surface area contributed by atoms with Gasteiger partial charge in [-0.15, -0.1) is 13.2 Å². The lowest BCUT2D eigenvalue weighted by atomic mass is 10.0. The van der Waals surface area contributed by atoms with E-state index in [-0.39, 0.29) is 22.1 Å². The van der Waals surface area contributed by atoms with Gasteiger partial charge in [0.05, 0.1) is 11.2 Å². The lowest BCUT2D eigenvalue weighted by molar-refractivity contribution is -0.274. The Labute approximate surface area is 226 Å². The van der Waals surface area contributed by atoms with Crippen LogP contribution in [0.2, 0.25) is 5.02 Å². The van der Waals surface area contributed by atoms with Crippen LogP contribution in [0.25, 0.3) is 10.8 Å². The first kappa shape index (κ1) is 27.7. The molecule has 0 fully saturated rings. The van der Waals surface area contributed by atoms with Crippen LogP contribution in [0.15, 0.2) is 84.0 Å². The van der Waals surface area contributed by atoms with Gasteiger partial charge in [-0.2, -0.15) is 5.10 Å². The number of hydrogen-bond acceptors (Lipinski definition) is 6. The molecule has 0 saturated heterocycles. The SMILES string of the molecule is O=C(NN=Cc1ccc(OCCNCc2ccc(OC(F)(F)F)cc2)c2ccccc12)c1ccc(O)c(Cl)c1. The lowest BCUT2D eigenvalue weighted by Gasteiger charge is -2.12. The van der Waals surface area contributed by atoms with Crippen LogP contribution in [-0.4, -0.2) is 36.7 Å². The Hall–Kier alpha value is -4.28. The van der Waals surface area contributed by atoms with E-state index < -0.39 is 12.3 Å². The summed E-state index contributed by atoms with van der Waals surface area (Å²) in [6, 6.07) is 21.0. The van der Waals surface area contributed by atoms with Crippen LogP contribution in [-0.2, 0) is 6.54 Å². The van der Waals surface area contributed by atoms with Crippen molar-refractivity contribution in [2.45, 2.75) is 12.9 Å². The standard InChI is InChI=1S/C28H23ClF3N3O4/c29-24-15-19(7-11-25(24)36)27(37)35-34-17-20-8-12-26(23-4-2-1-3-22(20)23)38-14-13-33-16-18-5-9-21(10-6-18)39-28(30,31)32/h1-12,15,17,33,36H,13-14,16H2,(H,35,37). The van der Waals surface area contributed by atoms with Gasteiger partial charge in [-0.1, -0.05) is 48.0 Å². The number of carbonyl (C=O) groups is 1. The molecule has 0 aliphatic carbocycles. The zero-order valence-electron chi connectivity index (χ0n) is 20.3. The smallest absolute Gasteiger partial charge is 0.506 e. The average molecular weight is 558 g/mol. The summed E-state index contributed by atoms with van der Waals surface area (Å²) in [6.45, 7) is 1.32. The number of nitrogens with zero attached hydrogens (tertiary/aromatic N) is 1. The molecule has 0 heterocycles. The van der Waals surface area contributed by atoms with Crippen molar-refractivity contribution >= 4 is 34.5 Å². The number of alkyl halides is 3. The molecule has 0 aliphatic rings. The van der Waals surface area contributed by atoms with E-state index in [4.69, 9.17) is 16.3 Å². The maximum atomic E-state index is 12.3. The van der Waals surface area contributed by atoms with Crippen molar-refractivity contribution in [2.75, 3.05) is 13.2 Å². The van der Waals surface area contributed by atoms with Gasteiger partial charge in [-0.25, -0.2) is 5.43 Å². The number of fused-ring (bicyclic) bond motifs is 1. The number of ether oxygens (including phenoxy) is 2. The number of benzene rings is 4. The predicted molar refractivity (Wildman–Crippen MR) is 142 cm³/mol. The van der Waals surface area contributed by atoms with Crippen molar-refractivity contribution in [1.29, 1.82) is 0 Å². The highest BCUT2D eigenvalue weighted by Crippen LogP contribution is 2.28. The number of amides is 1. The van der Waals surface area contributed by atoms with E-state index in [0.29, 0.717) is 25.4 Å². The van der Waals surface area contributed by atoms with Gasteiger partial charge in [0.1, 0.15) is 23.9 Å². The number of phenols is 1. The fourth-order valence-electron chi connectivity index (χ4n) is 3.68. The molecule has 4 aromatic carbocycles. The Balaban J connectivity index is 1.31. The van der Waals surface area contributed by atoms with Crippen LogP contribution in [0.5, 0.6) is 17.2 Å². The van der Waals surface area contributed by atoms with E-state index in [0.717, 1.165) is 21.9 Å². The number of carbonyl (C=O) groups excluding carboxylic acids is 1. The molecule has 0 spiro atoms. The quantitative estimate of drug-likeness (QED) is 0.126. The molecule has 0 unspecified atom stereocenters. The molecule has 202 valence electrons. The Morgan fingerprint density at radius 3 is 2.46 bits per heavy atom. The molecule has 11 heteroatoms. The summed E-state index contributed by atoms with van der Waals surface area (Å²) in [6.07, 6.45) is -3.19. The van der Waals surface area contributed by atoms with Gasteiger partial charge >= 0.3 is 6.36 Å². The molecule has 0 radical (unpaired) electrons. The predicted octanol–water partition coefficient (Wildman–Crippen LogP) is 6.03. The number of nitrogens with one attached hydrogen (secondary N) is 2. The second kappa shape index (κ2) is 12.5. The topological polar surface area (TPSA) is 92.2 Å². The molecular formula is C28H23ClF3N3O4. The number of hydrazone groups is 1. The van der Waals surface area contributed by atoms with Gasteiger partial charge < -0.3 is 19.9 Å². The fraction of sp³-hybridized carbons (Fsp3) is 0.143. The second-order valence-electron chi connectivity index (χ2n) is 8.28. The van der Waals surface area contributed by atoms with Gasteiger partial charge in [0, 0.05) is 29.6 Å². The minimum absolute atomic E-state index is 0.0667. The maximum absolute atomic E-state index is 12.3. The van der Waals surface area contributed by atoms with Crippen LogP contribution in [0.4, 0.5) is 13.2 Å². The van der Waals surface area contributed by atoms with Crippen molar-refractivity contribution in [2.24, 2.45) is 5.10 Å². The average Bonchev–Trinajstić information content (AvgIpc) is 2.91. The molecule has 39 heavy (non-hydrogen) atoms. The van der Waals surface area contributed by atoms with Gasteiger partial charge in [0.15, 0.2) is 0 Å². The van der Waals surface area contributed by atoms with Gasteiger partial charge in [-0.05, 0) is 53.4 Å². The van der Waals surface area contributed by atoms with Gasteiger partial charge in [0.2, 0.25) is 0 Å². The van der Waals surface area contributed by atoms with E-state index in [1.165, 1.54) is 36.5 Å². The van der Waals surface area contributed by atoms with E-state index in [9.17, 15) is 23.1 Å². The molecule has 1 amide bonds. The third-order valence-electron chi connectivity index (χ3n) is 5.52. The van der Waals surface area contributed by atoms with E-state index in [1.807, 2.05) is 36.4 Å². The van der Waals surface area contributed by atoms with Crippen LogP contribution in [0.3, 0.4) is 0 Å². The number of phenolic OH excluding ortho intramolecular Hbond substituents is 1. The molecule has 0 aromatic heterocycles. The first-order valence-corrected chi connectivity index (χ1v) is 12.1. The molecule has 0 atom stereocenters. The Kier molecular flexibility index (Phi) is 8.90. The maximum Gasteiger partial charge on any atom is 0.573 e. The van der Waals surface area contributed by atoms with E-state index in [1.54, 1.807) is 12.1 Å². The highest BCUT2D eigenvalue weighted by molar-refractivity contribution is 6.32. The number of aromatic hydroxyl groups is 1. The van der Waals surface area contributed by atoms with Crippen LogP contribution in [0, 0.1) is 0 Å². The minimum atomic E-state index is -4.72. The Morgan fingerprint density at radius 2 is 1.74 bits per heavy atom. The molecular weight excluding hydrogens is 535 g/mol. The van der Waals surface area contributed by atoms with E-state index >= 15 is 0 Å². The highest BCUT2D eigenvalue weighted by Gasteiger charge is 2.30. The molecule has 4 aromatic rings. The first-order valence-electron chi connectivity index (χ1n) is 11.7. The van der Waals surface area contributed by atoms with Crippen molar-refractivity contribution in [3.63, 3.8) is 0 Å². The summed E-state index contributed by atoms with van der Waals surface area (Å²) < 4.78 is 46.6. The lowest BCUT2D eigenvalue weighted by Crippen LogP contribution is -2.21. The minimum Gasteiger partial charge on any atom is -0.506 e. The van der Waals surface area contributed by atoms with Crippen molar-refractivity contribution in [3.8, 4) is 17.2 Å². The summed E-state index contributed by atoms with van der Waals surface area (Å²) in [4.78, 5) is 12.3. The Morgan fingerprint density at radius 1 is 1.00 bits per heavy atom. The monoisotopic (exact) mass is 557 g/mol. The molecule has 0 saturated carbocycles. The summed E-state index contributed by atoms with van der Waals surface area (Å²) >= 11 is 5.85. The Bertz CT molecular complexity index is 1480. The molecule has 0 bridgehead atoms. The summed E-state index contributed by atoms with van der Waals surface area (Å²) in [5, 5.41) is 18.5. The number of rotatable bonds is 10. The first-order chi connectivity index (χ1) is 18.7. The third kappa shape index (κ3) is 7.86. The molecule has 7 nitrogen and oxygen atoms in total. The third-order valence-corrected chi connectivity index (χ3v) is 5.82. The highest BCUT2D eigenvalue weighted by atomic mass is 35.5. The van der Waals surface area contributed by atoms with Gasteiger partial charge in [-0.3, -0.25) is 4.79 Å². The largest absolute Gasteiger partial charge is 0.573 e. The van der Waals surface area contributed by atoms with Gasteiger partial charge in [0.25, 0.3) is 5.91 Å². The fourth-order valence-corrected chi connectivity index (χ4v) is 3.86. The van der Waals surface area contributed by atoms with Crippen molar-refractivity contribution in [1.82, 2.24) is 10.7 Å². The van der Waals surface area contributed by atoms with Crippen molar-refractivity contribution < 1.29 is 32.5 Å². The second-order valence-corrected chi connectivity index (χ2v) is 8.69. The summed E-state index contributed by atoms with van der Waals surface area (Å²) in [5.41, 5.74) is 4.26.